The van der Waals surface area contributed by atoms with Gasteiger partial charge in [0.25, 0.3) is 0 Å². The zero-order valence-electron chi connectivity index (χ0n) is 9.10. The summed E-state index contributed by atoms with van der Waals surface area (Å²) < 4.78 is 0. The van der Waals surface area contributed by atoms with Crippen LogP contribution in [0.1, 0.15) is 24.0 Å². The van der Waals surface area contributed by atoms with Crippen molar-refractivity contribution in [3.8, 4) is 0 Å². The summed E-state index contributed by atoms with van der Waals surface area (Å²) in [6.45, 7) is 1.97. The molecule has 2 rings (SSSR count). The Labute approximate surface area is 94.0 Å². The molecule has 0 amide bonds. The molecule has 2 N–H and O–H groups in total. The van der Waals surface area contributed by atoms with Gasteiger partial charge in [-0.2, -0.15) is 0 Å². The smallest absolute Gasteiger partial charge is 0.331 e. The van der Waals surface area contributed by atoms with Gasteiger partial charge in [-0.15, -0.1) is 0 Å². The van der Waals surface area contributed by atoms with Crippen LogP contribution in [0.15, 0.2) is 29.8 Å². The van der Waals surface area contributed by atoms with Crippen molar-refractivity contribution in [2.24, 2.45) is 0 Å². The molecule has 0 saturated heterocycles. The zero-order valence-corrected chi connectivity index (χ0v) is 9.10. The Morgan fingerprint density at radius 1 is 1.31 bits per heavy atom. The predicted molar refractivity (Wildman–Crippen MR) is 61.0 cm³/mol. The van der Waals surface area contributed by atoms with Gasteiger partial charge in [0.2, 0.25) is 0 Å². The largest absolute Gasteiger partial charge is 0.478 e. The van der Waals surface area contributed by atoms with E-state index in [4.69, 9.17) is 5.11 Å². The maximum absolute atomic E-state index is 11.0. The van der Waals surface area contributed by atoms with Gasteiger partial charge in [-0.3, -0.25) is 0 Å². The van der Waals surface area contributed by atoms with Gasteiger partial charge in [0.15, 0.2) is 0 Å². The number of aliphatic hydroxyl groups excluding tert-OH is 1. The van der Waals surface area contributed by atoms with Crippen LogP contribution in [-0.2, 0) is 4.79 Å². The van der Waals surface area contributed by atoms with Crippen LogP contribution >= 0.6 is 0 Å². The third kappa shape index (κ3) is 1.86. The molecule has 3 heteroatoms. The molecule has 1 aliphatic rings. The molecule has 1 aromatic rings. The van der Waals surface area contributed by atoms with Gasteiger partial charge in [0.05, 0.1) is 6.10 Å². The third-order valence-corrected chi connectivity index (χ3v) is 2.95. The van der Waals surface area contributed by atoms with Crippen LogP contribution in [0, 0.1) is 6.92 Å². The van der Waals surface area contributed by atoms with Crippen molar-refractivity contribution in [3.05, 3.63) is 41.0 Å². The van der Waals surface area contributed by atoms with E-state index in [0.29, 0.717) is 24.0 Å². The van der Waals surface area contributed by atoms with Crippen molar-refractivity contribution in [2.45, 2.75) is 25.9 Å². The first kappa shape index (κ1) is 10.9. The summed E-state index contributed by atoms with van der Waals surface area (Å²) in [5, 5.41) is 18.9. The van der Waals surface area contributed by atoms with E-state index in [1.807, 2.05) is 31.2 Å². The minimum absolute atomic E-state index is 0.344. The second-order valence-corrected chi connectivity index (χ2v) is 4.12. The number of aliphatic carboxylic acids is 1. The lowest BCUT2D eigenvalue weighted by Gasteiger charge is -2.09. The van der Waals surface area contributed by atoms with E-state index in [1.54, 1.807) is 0 Å². The highest BCUT2D eigenvalue weighted by Crippen LogP contribution is 2.34. The summed E-state index contributed by atoms with van der Waals surface area (Å²) in [7, 11) is 0. The summed E-state index contributed by atoms with van der Waals surface area (Å²) in [4.78, 5) is 11.0. The molecular weight excluding hydrogens is 204 g/mol. The fourth-order valence-corrected chi connectivity index (χ4v) is 2.08. The van der Waals surface area contributed by atoms with Crippen LogP contribution in [0.4, 0.5) is 0 Å². The van der Waals surface area contributed by atoms with E-state index in [2.05, 4.69) is 0 Å². The quantitative estimate of drug-likeness (QED) is 0.798. The third-order valence-electron chi connectivity index (χ3n) is 2.95. The lowest BCUT2D eigenvalue weighted by molar-refractivity contribution is -0.132. The van der Waals surface area contributed by atoms with Gasteiger partial charge in [-0.25, -0.2) is 4.79 Å². The van der Waals surface area contributed by atoms with Crippen molar-refractivity contribution < 1.29 is 15.0 Å². The van der Waals surface area contributed by atoms with Crippen LogP contribution in [-0.4, -0.2) is 22.3 Å². The molecule has 0 saturated carbocycles. The maximum atomic E-state index is 11.0. The van der Waals surface area contributed by atoms with Gasteiger partial charge in [0, 0.05) is 5.57 Å². The minimum Gasteiger partial charge on any atom is -0.478 e. The van der Waals surface area contributed by atoms with E-state index in [-0.39, 0.29) is 0 Å². The number of rotatable bonds is 2. The van der Waals surface area contributed by atoms with Gasteiger partial charge >= 0.3 is 5.97 Å². The molecule has 0 aromatic heterocycles. The summed E-state index contributed by atoms with van der Waals surface area (Å²) in [6.07, 6.45) is 0.304. The van der Waals surface area contributed by atoms with Crippen molar-refractivity contribution in [2.75, 3.05) is 0 Å². The number of hydrogen-bond acceptors (Lipinski definition) is 2. The molecular formula is C13H14O3. The number of carboxylic acid groups (broad SMARTS) is 1. The average Bonchev–Trinajstić information content (AvgIpc) is 2.62. The molecule has 84 valence electrons. The van der Waals surface area contributed by atoms with Gasteiger partial charge in [0.1, 0.15) is 0 Å². The molecule has 1 aliphatic carbocycles. The monoisotopic (exact) mass is 218 g/mol. The molecule has 0 radical (unpaired) electrons. The van der Waals surface area contributed by atoms with E-state index in [0.717, 1.165) is 11.1 Å². The highest BCUT2D eigenvalue weighted by molar-refractivity contribution is 5.98. The second-order valence-electron chi connectivity index (χ2n) is 4.12. The minimum atomic E-state index is -0.924. The normalized spacial score (nSPS) is 20.2. The molecule has 0 bridgehead atoms. The zero-order chi connectivity index (χ0) is 11.7. The molecule has 1 atom stereocenters. The SMILES string of the molecule is Cc1ccc(C2=C(C(=O)O)CCC2O)cc1. The van der Waals surface area contributed by atoms with Crippen molar-refractivity contribution in [1.82, 2.24) is 0 Å². The summed E-state index contributed by atoms with van der Waals surface area (Å²) in [6, 6.07) is 7.57. The Balaban J connectivity index is 2.47. The average molecular weight is 218 g/mol. The lowest BCUT2D eigenvalue weighted by Crippen LogP contribution is -2.06. The summed E-state index contributed by atoms with van der Waals surface area (Å²) in [5.74, 6) is -0.924. The summed E-state index contributed by atoms with van der Waals surface area (Å²) in [5.41, 5.74) is 2.85. The van der Waals surface area contributed by atoms with Gasteiger partial charge in [-0.1, -0.05) is 29.8 Å². The number of hydrogen-bond donors (Lipinski definition) is 2. The van der Waals surface area contributed by atoms with E-state index >= 15 is 0 Å². The van der Waals surface area contributed by atoms with E-state index in [9.17, 15) is 9.90 Å². The highest BCUT2D eigenvalue weighted by Gasteiger charge is 2.28. The number of carboxylic acids is 1. The molecule has 16 heavy (non-hydrogen) atoms. The molecule has 0 spiro atoms. The van der Waals surface area contributed by atoms with Crippen LogP contribution in [0.3, 0.4) is 0 Å². The van der Waals surface area contributed by atoms with Crippen LogP contribution in [0.2, 0.25) is 0 Å². The maximum Gasteiger partial charge on any atom is 0.331 e. The Bertz CT molecular complexity index is 443. The Morgan fingerprint density at radius 3 is 2.50 bits per heavy atom. The molecule has 1 unspecified atom stereocenters. The molecule has 0 heterocycles. The molecule has 1 aromatic carbocycles. The first-order valence-electron chi connectivity index (χ1n) is 5.31. The molecule has 3 nitrogen and oxygen atoms in total. The fourth-order valence-electron chi connectivity index (χ4n) is 2.08. The fraction of sp³-hybridized carbons (Fsp3) is 0.308. The predicted octanol–water partition coefficient (Wildman–Crippen LogP) is 1.99. The van der Waals surface area contributed by atoms with Crippen molar-refractivity contribution >= 4 is 11.5 Å². The van der Waals surface area contributed by atoms with Gasteiger partial charge in [-0.05, 0) is 30.9 Å². The van der Waals surface area contributed by atoms with Crippen molar-refractivity contribution in [1.29, 1.82) is 0 Å². The number of aliphatic hydroxyl groups is 1. The number of benzene rings is 1. The Kier molecular flexibility index (Phi) is 2.79. The van der Waals surface area contributed by atoms with Crippen molar-refractivity contribution in [3.63, 3.8) is 0 Å². The molecule has 0 fully saturated rings. The number of aryl methyl sites for hydroxylation is 1. The lowest BCUT2D eigenvalue weighted by atomic mass is 9.99. The summed E-state index contributed by atoms with van der Waals surface area (Å²) >= 11 is 0. The second kappa shape index (κ2) is 4.10. The first-order chi connectivity index (χ1) is 7.59. The van der Waals surface area contributed by atoms with Crippen LogP contribution in [0.5, 0.6) is 0 Å². The van der Waals surface area contributed by atoms with E-state index in [1.165, 1.54) is 0 Å². The molecule has 0 aliphatic heterocycles. The highest BCUT2D eigenvalue weighted by atomic mass is 16.4. The topological polar surface area (TPSA) is 57.5 Å². The number of carbonyl (C=O) groups is 1. The van der Waals surface area contributed by atoms with Gasteiger partial charge < -0.3 is 10.2 Å². The van der Waals surface area contributed by atoms with Crippen LogP contribution in [0.25, 0.3) is 5.57 Å². The van der Waals surface area contributed by atoms with Crippen LogP contribution < -0.4 is 0 Å². The first-order valence-corrected chi connectivity index (χ1v) is 5.31. The Morgan fingerprint density at radius 2 is 1.94 bits per heavy atom. The standard InChI is InChI=1S/C13H14O3/c1-8-2-4-9(5-3-8)12-10(13(15)16)6-7-11(12)14/h2-5,11,14H,6-7H2,1H3,(H,15,16). The Hall–Kier alpha value is -1.61. The van der Waals surface area contributed by atoms with E-state index < -0.39 is 12.1 Å².